The van der Waals surface area contributed by atoms with E-state index in [4.69, 9.17) is 4.74 Å². The number of aromatic nitrogens is 1. The Bertz CT molecular complexity index is 598. The minimum absolute atomic E-state index is 0.0351. The van der Waals surface area contributed by atoms with Crippen molar-refractivity contribution in [1.82, 2.24) is 10.3 Å². The van der Waals surface area contributed by atoms with Crippen LogP contribution in [0.25, 0.3) is 0 Å². The summed E-state index contributed by atoms with van der Waals surface area (Å²) < 4.78 is 5.99. The van der Waals surface area contributed by atoms with Crippen molar-refractivity contribution >= 4 is 0 Å². The minimum Gasteiger partial charge on any atom is -0.439 e. The van der Waals surface area contributed by atoms with Crippen LogP contribution in [0.3, 0.4) is 0 Å². The highest BCUT2D eigenvalue weighted by Gasteiger charge is 2.19. The van der Waals surface area contributed by atoms with E-state index >= 15 is 0 Å². The monoisotopic (exact) mass is 284 g/mol. The summed E-state index contributed by atoms with van der Waals surface area (Å²) in [5.74, 6) is 1.51. The van der Waals surface area contributed by atoms with Gasteiger partial charge in [0.2, 0.25) is 5.88 Å². The summed E-state index contributed by atoms with van der Waals surface area (Å²) in [7, 11) is 1.92. The summed E-state index contributed by atoms with van der Waals surface area (Å²) in [4.78, 5) is 4.38. The Morgan fingerprint density at radius 1 is 1.14 bits per heavy atom. The van der Waals surface area contributed by atoms with Gasteiger partial charge in [-0.1, -0.05) is 44.5 Å². The van der Waals surface area contributed by atoms with Gasteiger partial charge in [-0.15, -0.1) is 0 Å². The second kappa shape index (κ2) is 6.27. The van der Waals surface area contributed by atoms with Crippen LogP contribution in [0.15, 0.2) is 36.5 Å². The van der Waals surface area contributed by atoms with Gasteiger partial charge in [-0.2, -0.15) is 0 Å². The molecule has 0 bridgehead atoms. The molecule has 0 fully saturated rings. The third-order valence-electron chi connectivity index (χ3n) is 3.34. The minimum atomic E-state index is 0.0351. The number of pyridine rings is 1. The van der Waals surface area contributed by atoms with Gasteiger partial charge in [0.05, 0.1) is 0 Å². The van der Waals surface area contributed by atoms with E-state index < -0.39 is 0 Å². The van der Waals surface area contributed by atoms with Crippen LogP contribution in [0.2, 0.25) is 0 Å². The molecule has 2 aromatic rings. The number of nitrogens with zero attached hydrogens (tertiary/aromatic N) is 1. The zero-order valence-corrected chi connectivity index (χ0v) is 13.5. The molecule has 3 heteroatoms. The lowest BCUT2D eigenvalue weighted by molar-refractivity contribution is 0.439. The van der Waals surface area contributed by atoms with Gasteiger partial charge < -0.3 is 10.1 Å². The molecule has 0 aliphatic rings. The average Bonchev–Trinajstić information content (AvgIpc) is 2.42. The number of ether oxygens (including phenoxy) is 1. The number of benzene rings is 1. The zero-order valence-electron chi connectivity index (χ0n) is 13.5. The first-order valence-electron chi connectivity index (χ1n) is 7.28. The molecule has 1 heterocycles. The van der Waals surface area contributed by atoms with Gasteiger partial charge in [-0.25, -0.2) is 4.98 Å². The van der Waals surface area contributed by atoms with Crippen LogP contribution < -0.4 is 10.1 Å². The predicted molar refractivity (Wildman–Crippen MR) is 87.0 cm³/mol. The number of hydrogen-bond acceptors (Lipinski definition) is 3. The second-order valence-corrected chi connectivity index (χ2v) is 6.39. The van der Waals surface area contributed by atoms with Crippen LogP contribution in [-0.4, -0.2) is 12.0 Å². The molecule has 1 aromatic carbocycles. The lowest BCUT2D eigenvalue weighted by Crippen LogP contribution is -2.13. The number of rotatable bonds is 4. The Morgan fingerprint density at radius 3 is 2.48 bits per heavy atom. The molecule has 0 radical (unpaired) electrons. The van der Waals surface area contributed by atoms with E-state index in [1.54, 1.807) is 0 Å². The Hall–Kier alpha value is -1.87. The van der Waals surface area contributed by atoms with Crippen LogP contribution in [0.5, 0.6) is 11.6 Å². The van der Waals surface area contributed by atoms with E-state index in [0.29, 0.717) is 5.88 Å². The second-order valence-electron chi connectivity index (χ2n) is 6.39. The fourth-order valence-electron chi connectivity index (χ4n) is 2.21. The van der Waals surface area contributed by atoms with Gasteiger partial charge in [0, 0.05) is 24.4 Å². The van der Waals surface area contributed by atoms with E-state index in [-0.39, 0.29) is 5.41 Å². The molecule has 0 amide bonds. The predicted octanol–water partition coefficient (Wildman–Crippen LogP) is 4.20. The quantitative estimate of drug-likeness (QED) is 0.913. The highest BCUT2D eigenvalue weighted by atomic mass is 16.5. The maximum absolute atomic E-state index is 5.99. The van der Waals surface area contributed by atoms with Crippen molar-refractivity contribution in [2.24, 2.45) is 0 Å². The van der Waals surface area contributed by atoms with E-state index in [0.717, 1.165) is 17.9 Å². The van der Waals surface area contributed by atoms with Crippen molar-refractivity contribution in [3.8, 4) is 11.6 Å². The highest BCUT2D eigenvalue weighted by Crippen LogP contribution is 2.34. The van der Waals surface area contributed by atoms with Crippen LogP contribution >= 0.6 is 0 Å². The van der Waals surface area contributed by atoms with E-state index in [9.17, 15) is 0 Å². The topological polar surface area (TPSA) is 34.1 Å². The summed E-state index contributed by atoms with van der Waals surface area (Å²) >= 11 is 0. The maximum Gasteiger partial charge on any atom is 0.219 e. The van der Waals surface area contributed by atoms with Crippen LogP contribution in [0.4, 0.5) is 0 Å². The van der Waals surface area contributed by atoms with Crippen LogP contribution in [-0.2, 0) is 12.0 Å². The van der Waals surface area contributed by atoms with E-state index in [2.05, 4.69) is 50.1 Å². The summed E-state index contributed by atoms with van der Waals surface area (Å²) in [6.07, 6.45) is 1.84. The highest BCUT2D eigenvalue weighted by molar-refractivity contribution is 5.43. The lowest BCUT2D eigenvalue weighted by atomic mass is 9.85. The molecule has 2 rings (SSSR count). The molecule has 21 heavy (non-hydrogen) atoms. The van der Waals surface area contributed by atoms with Crippen molar-refractivity contribution in [1.29, 1.82) is 0 Å². The molecule has 1 aromatic heterocycles. The fraction of sp³-hybridized carbons (Fsp3) is 0.389. The van der Waals surface area contributed by atoms with Gasteiger partial charge >= 0.3 is 0 Å². The van der Waals surface area contributed by atoms with Gasteiger partial charge in [-0.05, 0) is 31.0 Å². The standard InChI is InChI=1S/C18H24N2O/c1-13-6-8-16(15(10-13)18(2,3)4)21-17-9-7-14(11-19-5)12-20-17/h6-10,12,19H,11H2,1-5H3. The molecule has 0 aliphatic heterocycles. The number of hydrogen-bond donors (Lipinski definition) is 1. The molecule has 0 spiro atoms. The fourth-order valence-corrected chi connectivity index (χ4v) is 2.21. The summed E-state index contributed by atoms with van der Waals surface area (Å²) in [5, 5.41) is 3.11. The molecular weight excluding hydrogens is 260 g/mol. The average molecular weight is 284 g/mol. The Morgan fingerprint density at radius 2 is 1.90 bits per heavy atom. The Labute approximate surface area is 127 Å². The zero-order chi connectivity index (χ0) is 15.5. The van der Waals surface area contributed by atoms with Crippen molar-refractivity contribution in [2.45, 2.75) is 39.7 Å². The van der Waals surface area contributed by atoms with Gasteiger partial charge in [0.1, 0.15) is 5.75 Å². The lowest BCUT2D eigenvalue weighted by Gasteiger charge is -2.23. The van der Waals surface area contributed by atoms with Gasteiger partial charge in [0.15, 0.2) is 0 Å². The van der Waals surface area contributed by atoms with Crippen molar-refractivity contribution in [2.75, 3.05) is 7.05 Å². The SMILES string of the molecule is CNCc1ccc(Oc2ccc(C)cc2C(C)(C)C)nc1. The first-order chi connectivity index (χ1) is 9.90. The van der Waals surface area contributed by atoms with Crippen LogP contribution in [0.1, 0.15) is 37.5 Å². The molecule has 3 nitrogen and oxygen atoms in total. The summed E-state index contributed by atoms with van der Waals surface area (Å²) in [6.45, 7) is 9.49. The van der Waals surface area contributed by atoms with Crippen molar-refractivity contribution in [3.63, 3.8) is 0 Å². The van der Waals surface area contributed by atoms with Crippen molar-refractivity contribution < 1.29 is 4.74 Å². The first-order valence-corrected chi connectivity index (χ1v) is 7.28. The third kappa shape index (κ3) is 4.05. The molecule has 0 unspecified atom stereocenters. The van der Waals surface area contributed by atoms with E-state index in [1.165, 1.54) is 11.1 Å². The summed E-state index contributed by atoms with van der Waals surface area (Å²) in [5.41, 5.74) is 3.62. The molecule has 0 saturated heterocycles. The number of nitrogens with one attached hydrogen (secondary N) is 1. The molecule has 0 saturated carbocycles. The van der Waals surface area contributed by atoms with Crippen molar-refractivity contribution in [3.05, 3.63) is 53.2 Å². The normalized spacial score (nSPS) is 11.5. The van der Waals surface area contributed by atoms with Crippen LogP contribution in [0, 0.1) is 6.92 Å². The van der Waals surface area contributed by atoms with Gasteiger partial charge in [0.25, 0.3) is 0 Å². The Kier molecular flexibility index (Phi) is 4.63. The maximum atomic E-state index is 5.99. The Balaban J connectivity index is 2.27. The van der Waals surface area contributed by atoms with Gasteiger partial charge in [-0.3, -0.25) is 0 Å². The molecule has 112 valence electrons. The first kappa shape index (κ1) is 15.5. The largest absolute Gasteiger partial charge is 0.439 e. The third-order valence-corrected chi connectivity index (χ3v) is 3.34. The molecular formula is C18H24N2O. The van der Waals surface area contributed by atoms with E-state index in [1.807, 2.05) is 31.4 Å². The summed E-state index contributed by atoms with van der Waals surface area (Å²) in [6, 6.07) is 10.2. The molecule has 0 atom stereocenters. The number of aryl methyl sites for hydroxylation is 1. The molecule has 0 aliphatic carbocycles. The molecule has 1 N–H and O–H groups in total. The smallest absolute Gasteiger partial charge is 0.219 e.